The number of rotatable bonds is 15. The predicted molar refractivity (Wildman–Crippen MR) is 156 cm³/mol. The predicted octanol–water partition coefficient (Wildman–Crippen LogP) is 2.68. The van der Waals surface area contributed by atoms with Crippen molar-refractivity contribution in [1.29, 1.82) is 0 Å². The highest BCUT2D eigenvalue weighted by Gasteiger charge is 2.53. The fraction of sp³-hybridized carbons (Fsp3) is 0.469. The summed E-state index contributed by atoms with van der Waals surface area (Å²) >= 11 is 0. The van der Waals surface area contributed by atoms with Crippen molar-refractivity contribution in [3.05, 3.63) is 60.2 Å². The maximum atomic E-state index is 12.0. The molecule has 0 aliphatic carbocycles. The Morgan fingerprint density at radius 2 is 1.26 bits per heavy atom. The minimum atomic E-state index is -1.39. The van der Waals surface area contributed by atoms with Gasteiger partial charge in [0.05, 0.1) is 13.2 Å². The van der Waals surface area contributed by atoms with Crippen molar-refractivity contribution in [1.82, 2.24) is 0 Å². The summed E-state index contributed by atoms with van der Waals surface area (Å²) in [6.45, 7) is 5.94. The third-order valence-corrected chi connectivity index (χ3v) is 6.21. The number of hydrogen-bond acceptors (Lipinski definition) is 14. The van der Waals surface area contributed by atoms with Gasteiger partial charge in [0.1, 0.15) is 30.8 Å². The molecule has 6 atom stereocenters. The molecule has 1 saturated heterocycles. The Kier molecular flexibility index (Phi) is 13.8. The quantitative estimate of drug-likeness (QED) is 0.204. The molecule has 14 nitrogen and oxygen atoms in total. The van der Waals surface area contributed by atoms with Gasteiger partial charge in [-0.1, -0.05) is 30.3 Å². The van der Waals surface area contributed by atoms with E-state index in [2.05, 4.69) is 0 Å². The molecule has 1 aliphatic rings. The van der Waals surface area contributed by atoms with Crippen LogP contribution in [-0.4, -0.2) is 86.5 Å². The molecule has 250 valence electrons. The monoisotopic (exact) mass is 646 g/mol. The van der Waals surface area contributed by atoms with Crippen molar-refractivity contribution < 1.29 is 66.6 Å². The van der Waals surface area contributed by atoms with Crippen LogP contribution in [0.25, 0.3) is 0 Å². The van der Waals surface area contributed by atoms with Crippen molar-refractivity contribution in [3.8, 4) is 11.5 Å². The molecule has 2 aromatic rings. The molecule has 0 spiro atoms. The summed E-state index contributed by atoms with van der Waals surface area (Å²) in [5.41, 5.74) is 0.970. The minimum Gasteiger partial charge on any atom is -0.490 e. The first-order chi connectivity index (χ1) is 21.9. The lowest BCUT2D eigenvalue weighted by atomic mass is 9.98. The van der Waals surface area contributed by atoms with Crippen LogP contribution >= 0.6 is 0 Å². The number of carbonyl (C=O) groups is 5. The molecule has 0 N–H and O–H groups in total. The van der Waals surface area contributed by atoms with E-state index in [1.165, 1.54) is 26.0 Å². The molecule has 0 saturated carbocycles. The van der Waals surface area contributed by atoms with Crippen LogP contribution in [0.1, 0.15) is 40.2 Å². The van der Waals surface area contributed by atoms with Gasteiger partial charge in [-0.15, -0.1) is 0 Å². The molecule has 46 heavy (non-hydrogen) atoms. The van der Waals surface area contributed by atoms with Crippen LogP contribution in [0.5, 0.6) is 11.5 Å². The first kappa shape index (κ1) is 35.8. The molecule has 0 amide bonds. The first-order valence-electron chi connectivity index (χ1n) is 14.4. The largest absolute Gasteiger partial charge is 0.490 e. The third kappa shape index (κ3) is 12.0. The number of hydrogen-bond donors (Lipinski definition) is 0. The van der Waals surface area contributed by atoms with E-state index in [0.717, 1.165) is 26.3 Å². The van der Waals surface area contributed by atoms with E-state index in [1.807, 2.05) is 30.3 Å². The van der Waals surface area contributed by atoms with Gasteiger partial charge in [-0.3, -0.25) is 24.0 Å². The highest BCUT2D eigenvalue weighted by molar-refractivity contribution is 5.69. The average Bonchev–Trinajstić information content (AvgIpc) is 2.98. The third-order valence-electron chi connectivity index (χ3n) is 6.21. The molecule has 0 aromatic heterocycles. The summed E-state index contributed by atoms with van der Waals surface area (Å²) < 4.78 is 50.0. The van der Waals surface area contributed by atoms with E-state index in [0.29, 0.717) is 12.4 Å². The van der Waals surface area contributed by atoms with Gasteiger partial charge in [0.15, 0.2) is 18.3 Å². The van der Waals surface area contributed by atoms with Crippen LogP contribution in [0.15, 0.2) is 54.6 Å². The molecule has 1 heterocycles. The van der Waals surface area contributed by atoms with Crippen LogP contribution in [0.2, 0.25) is 0 Å². The molecule has 0 bridgehead atoms. The zero-order valence-electron chi connectivity index (χ0n) is 26.2. The Balaban J connectivity index is 1.72. The van der Waals surface area contributed by atoms with Gasteiger partial charge in [-0.2, -0.15) is 0 Å². The Morgan fingerprint density at radius 3 is 1.85 bits per heavy atom. The maximum absolute atomic E-state index is 12.0. The Labute approximate surface area is 266 Å². The molecule has 0 unspecified atom stereocenters. The lowest BCUT2D eigenvalue weighted by Crippen LogP contribution is -2.63. The summed E-state index contributed by atoms with van der Waals surface area (Å²) in [5.74, 6) is -2.73. The van der Waals surface area contributed by atoms with Crippen LogP contribution in [0, 0.1) is 0 Å². The van der Waals surface area contributed by atoms with Gasteiger partial charge in [-0.05, 0) is 29.8 Å². The van der Waals surface area contributed by atoms with Gasteiger partial charge < -0.3 is 42.6 Å². The zero-order valence-corrected chi connectivity index (χ0v) is 26.2. The zero-order chi connectivity index (χ0) is 33.6. The number of esters is 5. The molecule has 1 aliphatic heterocycles. The molecule has 14 heteroatoms. The highest BCUT2D eigenvalue weighted by Crippen LogP contribution is 2.31. The van der Waals surface area contributed by atoms with Gasteiger partial charge in [0.2, 0.25) is 12.4 Å². The van der Waals surface area contributed by atoms with E-state index >= 15 is 0 Å². The van der Waals surface area contributed by atoms with Crippen LogP contribution < -0.4 is 9.47 Å². The molecule has 1 fully saturated rings. The molecule has 2 aromatic carbocycles. The Hall–Kier alpha value is -4.69. The molecule has 0 radical (unpaired) electrons. The van der Waals surface area contributed by atoms with E-state index in [4.69, 9.17) is 42.6 Å². The normalized spacial score (nSPS) is 21.2. The van der Waals surface area contributed by atoms with Crippen molar-refractivity contribution in [2.75, 3.05) is 19.8 Å². The van der Waals surface area contributed by atoms with Crippen molar-refractivity contribution in [2.45, 2.75) is 78.0 Å². The molecular weight excluding hydrogens is 608 g/mol. The van der Waals surface area contributed by atoms with E-state index < -0.39 is 66.7 Å². The number of benzene rings is 2. The summed E-state index contributed by atoms with van der Waals surface area (Å²) in [6.07, 6.45) is -7.26. The van der Waals surface area contributed by atoms with Crippen LogP contribution in [0.3, 0.4) is 0 Å². The summed E-state index contributed by atoms with van der Waals surface area (Å²) in [4.78, 5) is 59.1. The van der Waals surface area contributed by atoms with Crippen LogP contribution in [0.4, 0.5) is 0 Å². The fourth-order valence-electron chi connectivity index (χ4n) is 4.45. The van der Waals surface area contributed by atoms with Crippen molar-refractivity contribution >= 4 is 29.8 Å². The highest BCUT2D eigenvalue weighted by atomic mass is 16.7. The van der Waals surface area contributed by atoms with E-state index in [1.54, 1.807) is 12.1 Å². The maximum Gasteiger partial charge on any atom is 0.303 e. The standard InChI is InChI=1S/C32H38O14/c1-19(33)39-18-28-29(42-21(3)35)30(43-22(4)36)31(44-23(5)37)32(46-28)45-26-13-11-25(12-14-26)40-17-27(41-20(2)34)16-38-15-24-9-7-6-8-10-24/h6-14,27-32H,15-18H2,1-5H3/t27-,28+,29+,30-,31+,32+/m0/s1. The van der Waals surface area contributed by atoms with E-state index in [-0.39, 0.29) is 25.6 Å². The second-order valence-electron chi connectivity index (χ2n) is 10.2. The first-order valence-corrected chi connectivity index (χ1v) is 14.4. The van der Waals surface area contributed by atoms with Gasteiger partial charge >= 0.3 is 29.8 Å². The molecule has 3 rings (SSSR count). The lowest BCUT2D eigenvalue weighted by Gasteiger charge is -2.43. The Bertz CT molecular complexity index is 1310. The topological polar surface area (TPSA) is 168 Å². The van der Waals surface area contributed by atoms with Crippen molar-refractivity contribution in [3.63, 3.8) is 0 Å². The van der Waals surface area contributed by atoms with Gasteiger partial charge in [0.25, 0.3) is 0 Å². The number of ether oxygens (including phenoxy) is 9. The summed E-state index contributed by atoms with van der Waals surface area (Å²) in [7, 11) is 0. The summed E-state index contributed by atoms with van der Waals surface area (Å²) in [5, 5.41) is 0. The van der Waals surface area contributed by atoms with Crippen molar-refractivity contribution in [2.24, 2.45) is 0 Å². The second-order valence-corrected chi connectivity index (χ2v) is 10.2. The van der Waals surface area contributed by atoms with Crippen LogP contribution in [-0.2, 0) is 63.7 Å². The van der Waals surface area contributed by atoms with Gasteiger partial charge in [-0.25, -0.2) is 0 Å². The number of carbonyl (C=O) groups excluding carboxylic acids is 5. The van der Waals surface area contributed by atoms with E-state index in [9.17, 15) is 24.0 Å². The molecular formula is C32H38O14. The SMILES string of the molecule is CC(=O)OC[C@H]1O[C@@H](Oc2ccc(OC[C@H](COCc3ccccc3)OC(C)=O)cc2)[C@H](OC(C)=O)[C@@H](OC(C)=O)[C@@H]1OC(C)=O. The minimum absolute atomic E-state index is 0.00820. The fourth-order valence-corrected chi connectivity index (χ4v) is 4.45. The summed E-state index contributed by atoms with van der Waals surface area (Å²) in [6, 6.07) is 15.8. The smallest absolute Gasteiger partial charge is 0.303 e. The lowest BCUT2D eigenvalue weighted by molar-refractivity contribution is -0.288. The average molecular weight is 647 g/mol. The second kappa shape index (κ2) is 17.7. The Morgan fingerprint density at radius 1 is 0.674 bits per heavy atom. The van der Waals surface area contributed by atoms with Gasteiger partial charge in [0, 0.05) is 34.6 Å².